The molecule has 6 rings (SSSR count). The first-order valence-electron chi connectivity index (χ1n) is 13.6. The SMILES string of the molecule is Cc1c(NC(=O)c2ccc(F)cn2)cccc1-c1ccc(CC(N)=O)c2[nH]c3cc(N4CCN(C)CC4)ccc3c12. The number of hydrogen-bond acceptors (Lipinski definition) is 5. The topological polar surface area (TPSA) is 107 Å². The molecule has 1 fully saturated rings. The van der Waals surface area contributed by atoms with E-state index < -0.39 is 17.6 Å². The number of carbonyl (C=O) groups is 2. The monoisotopic (exact) mass is 550 g/mol. The van der Waals surface area contributed by atoms with Crippen molar-refractivity contribution in [2.45, 2.75) is 13.3 Å². The summed E-state index contributed by atoms with van der Waals surface area (Å²) in [7, 11) is 2.14. The molecule has 2 amide bonds. The normalized spacial score (nSPS) is 14.1. The van der Waals surface area contributed by atoms with Gasteiger partial charge in [0.25, 0.3) is 5.91 Å². The maximum absolute atomic E-state index is 13.3. The zero-order valence-corrected chi connectivity index (χ0v) is 23.0. The van der Waals surface area contributed by atoms with Crippen LogP contribution >= 0.6 is 0 Å². The molecule has 1 saturated heterocycles. The minimum absolute atomic E-state index is 0.120. The molecule has 1 aliphatic heterocycles. The van der Waals surface area contributed by atoms with E-state index in [4.69, 9.17) is 5.73 Å². The van der Waals surface area contributed by atoms with Crippen molar-refractivity contribution < 1.29 is 14.0 Å². The van der Waals surface area contributed by atoms with E-state index in [1.807, 2.05) is 37.3 Å². The Bertz CT molecular complexity index is 1790. The number of carbonyl (C=O) groups excluding carboxylic acids is 2. The quantitative estimate of drug-likeness (QED) is 0.280. The number of halogens is 1. The van der Waals surface area contributed by atoms with Crippen LogP contribution in [0.2, 0.25) is 0 Å². The van der Waals surface area contributed by atoms with E-state index in [1.54, 1.807) is 0 Å². The summed E-state index contributed by atoms with van der Waals surface area (Å²) in [6.45, 7) is 5.91. The van der Waals surface area contributed by atoms with Gasteiger partial charge < -0.3 is 25.8 Å². The van der Waals surface area contributed by atoms with Crippen LogP contribution in [0.5, 0.6) is 0 Å². The van der Waals surface area contributed by atoms with Gasteiger partial charge in [0.05, 0.1) is 18.1 Å². The van der Waals surface area contributed by atoms with Gasteiger partial charge in [-0.3, -0.25) is 9.59 Å². The Morgan fingerprint density at radius 3 is 2.56 bits per heavy atom. The molecule has 0 bridgehead atoms. The Balaban J connectivity index is 1.45. The van der Waals surface area contributed by atoms with Gasteiger partial charge in [-0.1, -0.05) is 30.3 Å². The molecule has 0 radical (unpaired) electrons. The van der Waals surface area contributed by atoms with E-state index in [0.29, 0.717) is 5.69 Å². The highest BCUT2D eigenvalue weighted by Gasteiger charge is 2.20. The second kappa shape index (κ2) is 10.7. The van der Waals surface area contributed by atoms with Crippen molar-refractivity contribution in [3.63, 3.8) is 0 Å². The third-order valence-corrected chi connectivity index (χ3v) is 7.89. The third-order valence-electron chi connectivity index (χ3n) is 7.89. The summed E-state index contributed by atoms with van der Waals surface area (Å²) in [5.74, 6) is -1.32. The second-order valence-electron chi connectivity index (χ2n) is 10.6. The maximum Gasteiger partial charge on any atom is 0.274 e. The van der Waals surface area contributed by atoms with Crippen LogP contribution in [0.3, 0.4) is 0 Å². The number of benzene rings is 3. The van der Waals surface area contributed by atoms with Crippen molar-refractivity contribution >= 4 is 45.0 Å². The third kappa shape index (κ3) is 5.12. The molecule has 0 spiro atoms. The summed E-state index contributed by atoms with van der Waals surface area (Å²) in [6.07, 6.45) is 1.14. The zero-order chi connectivity index (χ0) is 28.7. The Kier molecular flexibility index (Phi) is 6.88. The Morgan fingerprint density at radius 2 is 1.83 bits per heavy atom. The van der Waals surface area contributed by atoms with E-state index >= 15 is 0 Å². The summed E-state index contributed by atoms with van der Waals surface area (Å²) in [4.78, 5) is 37.0. The number of amides is 2. The summed E-state index contributed by atoms with van der Waals surface area (Å²) < 4.78 is 13.3. The van der Waals surface area contributed by atoms with Crippen LogP contribution in [0.1, 0.15) is 21.6 Å². The number of hydrogen-bond donors (Lipinski definition) is 3. The number of fused-ring (bicyclic) bond motifs is 3. The standard InChI is InChI=1S/C32H31FN6O2/c1-19-23(4-3-5-26(19)37-32(41)27-11-7-21(33)18-35-27)24-9-6-20(16-29(34)40)31-30(24)25-10-8-22(17-28(25)36-31)39-14-12-38(2)13-15-39/h3-11,17-18,36H,12-16H2,1-2H3,(H2,34,40)(H,37,41). The minimum Gasteiger partial charge on any atom is -0.369 e. The maximum atomic E-state index is 13.3. The number of aromatic nitrogens is 2. The molecule has 1 aliphatic rings. The van der Waals surface area contributed by atoms with Crippen LogP contribution in [0, 0.1) is 12.7 Å². The van der Waals surface area contributed by atoms with Crippen LogP contribution in [0.15, 0.2) is 66.9 Å². The highest BCUT2D eigenvalue weighted by molar-refractivity contribution is 6.16. The average molecular weight is 551 g/mol. The molecule has 5 aromatic rings. The molecule has 0 unspecified atom stereocenters. The number of aromatic amines is 1. The van der Waals surface area contributed by atoms with Crippen LogP contribution in [-0.2, 0) is 11.2 Å². The van der Waals surface area contributed by atoms with E-state index in [0.717, 1.165) is 82.1 Å². The lowest BCUT2D eigenvalue weighted by atomic mass is 9.92. The summed E-state index contributed by atoms with van der Waals surface area (Å²) in [5.41, 5.74) is 13.0. The lowest BCUT2D eigenvalue weighted by Crippen LogP contribution is -2.44. The highest BCUT2D eigenvalue weighted by Crippen LogP contribution is 2.40. The predicted molar refractivity (Wildman–Crippen MR) is 161 cm³/mol. The molecule has 3 aromatic carbocycles. The van der Waals surface area contributed by atoms with Gasteiger partial charge >= 0.3 is 0 Å². The fourth-order valence-corrected chi connectivity index (χ4v) is 5.64. The molecule has 208 valence electrons. The van der Waals surface area contributed by atoms with Crippen molar-refractivity contribution in [2.75, 3.05) is 43.4 Å². The van der Waals surface area contributed by atoms with Gasteiger partial charge in [0.2, 0.25) is 5.91 Å². The molecule has 2 aromatic heterocycles. The number of piperazine rings is 1. The van der Waals surface area contributed by atoms with Gasteiger partial charge in [0.15, 0.2) is 0 Å². The smallest absolute Gasteiger partial charge is 0.274 e. The molecular weight excluding hydrogens is 519 g/mol. The average Bonchev–Trinajstić information content (AvgIpc) is 3.34. The van der Waals surface area contributed by atoms with Crippen molar-refractivity contribution in [1.29, 1.82) is 0 Å². The van der Waals surface area contributed by atoms with Crippen LogP contribution in [-0.4, -0.2) is 59.9 Å². The molecule has 4 N–H and O–H groups in total. The lowest BCUT2D eigenvalue weighted by Gasteiger charge is -2.34. The fourth-order valence-electron chi connectivity index (χ4n) is 5.64. The second-order valence-corrected chi connectivity index (χ2v) is 10.6. The summed E-state index contributed by atoms with van der Waals surface area (Å²) >= 11 is 0. The highest BCUT2D eigenvalue weighted by atomic mass is 19.1. The number of likely N-dealkylation sites (N-methyl/N-ethyl adjacent to an activating group) is 1. The number of H-pyrrole nitrogens is 1. The van der Waals surface area contributed by atoms with E-state index in [2.05, 4.69) is 50.3 Å². The molecular formula is C32H31FN6O2. The molecule has 41 heavy (non-hydrogen) atoms. The number of primary amides is 1. The van der Waals surface area contributed by atoms with Crippen molar-refractivity contribution in [3.05, 3.63) is 89.5 Å². The van der Waals surface area contributed by atoms with Crippen molar-refractivity contribution in [2.24, 2.45) is 5.73 Å². The summed E-state index contributed by atoms with van der Waals surface area (Å²) in [6, 6.07) is 18.7. The largest absolute Gasteiger partial charge is 0.369 e. The predicted octanol–water partition coefficient (Wildman–Crippen LogP) is 4.86. The molecule has 8 nitrogen and oxygen atoms in total. The molecule has 9 heteroatoms. The number of rotatable bonds is 6. The number of nitrogens with one attached hydrogen (secondary N) is 2. The Hall–Kier alpha value is -4.76. The lowest BCUT2D eigenvalue weighted by molar-refractivity contribution is -0.117. The van der Waals surface area contributed by atoms with E-state index in [9.17, 15) is 14.0 Å². The molecule has 0 aliphatic carbocycles. The Morgan fingerprint density at radius 1 is 1.02 bits per heavy atom. The van der Waals surface area contributed by atoms with Crippen molar-refractivity contribution in [1.82, 2.24) is 14.9 Å². The first kappa shape index (κ1) is 26.5. The van der Waals surface area contributed by atoms with E-state index in [-0.39, 0.29) is 12.1 Å². The van der Waals surface area contributed by atoms with Gasteiger partial charge in [-0.15, -0.1) is 0 Å². The van der Waals surface area contributed by atoms with Gasteiger partial charge in [0.1, 0.15) is 11.5 Å². The van der Waals surface area contributed by atoms with Crippen molar-refractivity contribution in [3.8, 4) is 11.1 Å². The number of nitrogens with two attached hydrogens (primary N) is 1. The summed E-state index contributed by atoms with van der Waals surface area (Å²) in [5, 5.41) is 4.96. The minimum atomic E-state index is -0.502. The number of anilines is 2. The zero-order valence-electron chi connectivity index (χ0n) is 23.0. The molecule has 0 saturated carbocycles. The van der Waals surface area contributed by atoms with Crippen LogP contribution in [0.25, 0.3) is 32.9 Å². The first-order chi connectivity index (χ1) is 19.8. The van der Waals surface area contributed by atoms with Crippen LogP contribution in [0.4, 0.5) is 15.8 Å². The van der Waals surface area contributed by atoms with E-state index in [1.165, 1.54) is 12.1 Å². The van der Waals surface area contributed by atoms with Gasteiger partial charge in [-0.2, -0.15) is 0 Å². The van der Waals surface area contributed by atoms with Gasteiger partial charge in [0, 0.05) is 53.8 Å². The number of nitrogens with zero attached hydrogens (tertiary/aromatic N) is 3. The fraction of sp³-hybridized carbons (Fsp3) is 0.219. The molecule has 0 atom stereocenters. The van der Waals surface area contributed by atoms with Crippen LogP contribution < -0.4 is 16.0 Å². The van der Waals surface area contributed by atoms with Gasteiger partial charge in [-0.25, -0.2) is 9.37 Å². The molecule has 3 heterocycles. The first-order valence-corrected chi connectivity index (χ1v) is 13.6. The number of pyridine rings is 1. The van der Waals surface area contributed by atoms with Gasteiger partial charge in [-0.05, 0) is 66.6 Å². The Labute approximate surface area is 237 Å².